The van der Waals surface area contributed by atoms with Crippen molar-refractivity contribution in [2.45, 2.75) is 32.2 Å². The number of amides is 2. The quantitative estimate of drug-likeness (QED) is 0.624. The number of likely N-dealkylation sites (tertiary alicyclic amines) is 1. The summed E-state index contributed by atoms with van der Waals surface area (Å²) < 4.78 is 10.3. The van der Waals surface area contributed by atoms with Crippen molar-refractivity contribution in [3.8, 4) is 0 Å². The maximum absolute atomic E-state index is 12.3. The van der Waals surface area contributed by atoms with Gasteiger partial charge in [0.15, 0.2) is 5.76 Å². The van der Waals surface area contributed by atoms with Crippen LogP contribution in [-0.2, 0) is 14.3 Å². The Morgan fingerprint density at radius 3 is 2.95 bits per heavy atom. The number of hydrogen-bond acceptors (Lipinski definition) is 5. The molecule has 1 unspecified atom stereocenters. The van der Waals surface area contributed by atoms with E-state index in [1.807, 2.05) is 0 Å². The summed E-state index contributed by atoms with van der Waals surface area (Å²) in [5, 5.41) is 2.63. The van der Waals surface area contributed by atoms with Gasteiger partial charge in [0.2, 0.25) is 5.91 Å². The second kappa shape index (κ2) is 7.63. The molecule has 0 aromatic carbocycles. The average molecular weight is 308 g/mol. The summed E-state index contributed by atoms with van der Waals surface area (Å²) in [4.78, 5) is 36.5. The van der Waals surface area contributed by atoms with Crippen LogP contribution in [0.15, 0.2) is 22.8 Å². The summed E-state index contributed by atoms with van der Waals surface area (Å²) in [5.41, 5.74) is 0. The SMILES string of the molecule is CC(=O)NCCCOC(=O)C1CCCN1C(=O)c1ccco1. The van der Waals surface area contributed by atoms with Gasteiger partial charge in [0, 0.05) is 20.0 Å². The Morgan fingerprint density at radius 2 is 2.27 bits per heavy atom. The molecule has 0 aliphatic carbocycles. The topological polar surface area (TPSA) is 88.9 Å². The summed E-state index contributed by atoms with van der Waals surface area (Å²) in [5.74, 6) is -0.578. The third-order valence-corrected chi connectivity index (χ3v) is 3.46. The van der Waals surface area contributed by atoms with Gasteiger partial charge in [-0.05, 0) is 31.4 Å². The molecule has 1 aliphatic heterocycles. The van der Waals surface area contributed by atoms with E-state index in [1.165, 1.54) is 18.1 Å². The maximum atomic E-state index is 12.3. The summed E-state index contributed by atoms with van der Waals surface area (Å²) in [6, 6.07) is 2.66. The molecule has 0 spiro atoms. The van der Waals surface area contributed by atoms with E-state index in [0.717, 1.165) is 6.42 Å². The number of esters is 1. The lowest BCUT2D eigenvalue weighted by Crippen LogP contribution is -2.41. The van der Waals surface area contributed by atoms with Gasteiger partial charge in [0.1, 0.15) is 6.04 Å². The van der Waals surface area contributed by atoms with Gasteiger partial charge in [-0.3, -0.25) is 9.59 Å². The van der Waals surface area contributed by atoms with Crippen LogP contribution in [0.1, 0.15) is 36.7 Å². The van der Waals surface area contributed by atoms with Gasteiger partial charge < -0.3 is 19.4 Å². The minimum Gasteiger partial charge on any atom is -0.464 e. The molecule has 1 N–H and O–H groups in total. The minimum absolute atomic E-state index is 0.114. The molecule has 2 rings (SSSR count). The predicted octanol–water partition coefficient (Wildman–Crippen LogP) is 0.954. The molecule has 0 bridgehead atoms. The van der Waals surface area contributed by atoms with Crippen LogP contribution in [0.4, 0.5) is 0 Å². The summed E-state index contributed by atoms with van der Waals surface area (Å²) in [6.07, 6.45) is 3.33. The van der Waals surface area contributed by atoms with E-state index in [2.05, 4.69) is 5.32 Å². The fraction of sp³-hybridized carbons (Fsp3) is 0.533. The molecular weight excluding hydrogens is 288 g/mol. The summed E-state index contributed by atoms with van der Waals surface area (Å²) >= 11 is 0. The summed E-state index contributed by atoms with van der Waals surface area (Å²) in [6.45, 7) is 2.63. The Labute approximate surface area is 128 Å². The summed E-state index contributed by atoms with van der Waals surface area (Å²) in [7, 11) is 0. The number of nitrogens with zero attached hydrogens (tertiary/aromatic N) is 1. The van der Waals surface area contributed by atoms with Crippen molar-refractivity contribution in [1.29, 1.82) is 0 Å². The average Bonchev–Trinajstić information content (AvgIpc) is 3.17. The van der Waals surface area contributed by atoms with E-state index in [9.17, 15) is 14.4 Å². The Kier molecular flexibility index (Phi) is 5.57. The zero-order valence-corrected chi connectivity index (χ0v) is 12.5. The molecule has 2 heterocycles. The highest BCUT2D eigenvalue weighted by Gasteiger charge is 2.36. The third-order valence-electron chi connectivity index (χ3n) is 3.46. The second-order valence-corrected chi connectivity index (χ2v) is 5.14. The van der Waals surface area contributed by atoms with Crippen molar-refractivity contribution in [1.82, 2.24) is 10.2 Å². The fourth-order valence-electron chi connectivity index (χ4n) is 2.40. The fourth-order valence-corrected chi connectivity index (χ4v) is 2.40. The highest BCUT2D eigenvalue weighted by atomic mass is 16.5. The molecule has 120 valence electrons. The molecule has 1 fully saturated rings. The van der Waals surface area contributed by atoms with Crippen molar-refractivity contribution < 1.29 is 23.5 Å². The predicted molar refractivity (Wildman–Crippen MR) is 77.0 cm³/mol. The lowest BCUT2D eigenvalue weighted by atomic mass is 10.2. The van der Waals surface area contributed by atoms with E-state index in [4.69, 9.17) is 9.15 Å². The van der Waals surface area contributed by atoms with E-state index < -0.39 is 12.0 Å². The van der Waals surface area contributed by atoms with E-state index in [1.54, 1.807) is 12.1 Å². The van der Waals surface area contributed by atoms with Crippen molar-refractivity contribution in [3.05, 3.63) is 24.2 Å². The van der Waals surface area contributed by atoms with Crippen molar-refractivity contribution in [2.75, 3.05) is 19.7 Å². The van der Waals surface area contributed by atoms with Crippen LogP contribution in [0, 0.1) is 0 Å². The van der Waals surface area contributed by atoms with E-state index in [0.29, 0.717) is 25.9 Å². The maximum Gasteiger partial charge on any atom is 0.328 e. The lowest BCUT2D eigenvalue weighted by Gasteiger charge is -2.22. The molecule has 0 radical (unpaired) electrons. The molecule has 1 aromatic heterocycles. The molecular formula is C15H20N2O5. The zero-order chi connectivity index (χ0) is 15.9. The van der Waals surface area contributed by atoms with Crippen LogP contribution < -0.4 is 5.32 Å². The number of carbonyl (C=O) groups is 3. The van der Waals surface area contributed by atoms with Gasteiger partial charge in [-0.2, -0.15) is 0 Å². The first kappa shape index (κ1) is 16.1. The second-order valence-electron chi connectivity index (χ2n) is 5.14. The highest BCUT2D eigenvalue weighted by molar-refractivity contribution is 5.94. The molecule has 7 heteroatoms. The highest BCUT2D eigenvalue weighted by Crippen LogP contribution is 2.21. The van der Waals surface area contributed by atoms with Gasteiger partial charge in [0.05, 0.1) is 12.9 Å². The molecule has 1 aliphatic rings. The third kappa shape index (κ3) is 4.09. The van der Waals surface area contributed by atoms with Crippen LogP contribution in [0.2, 0.25) is 0 Å². The number of carbonyl (C=O) groups excluding carboxylic acids is 3. The van der Waals surface area contributed by atoms with Crippen LogP contribution in [0.25, 0.3) is 0 Å². The Morgan fingerprint density at radius 1 is 1.45 bits per heavy atom. The molecule has 1 aromatic rings. The van der Waals surface area contributed by atoms with Crippen LogP contribution in [0.5, 0.6) is 0 Å². The Hall–Kier alpha value is -2.31. The molecule has 7 nitrogen and oxygen atoms in total. The molecule has 0 saturated carbocycles. The lowest BCUT2D eigenvalue weighted by molar-refractivity contribution is -0.148. The van der Waals surface area contributed by atoms with Crippen molar-refractivity contribution in [2.24, 2.45) is 0 Å². The number of nitrogens with one attached hydrogen (secondary N) is 1. The van der Waals surface area contributed by atoms with Gasteiger partial charge in [-0.1, -0.05) is 0 Å². The van der Waals surface area contributed by atoms with Crippen LogP contribution >= 0.6 is 0 Å². The van der Waals surface area contributed by atoms with Gasteiger partial charge in [-0.15, -0.1) is 0 Å². The van der Waals surface area contributed by atoms with E-state index in [-0.39, 0.29) is 24.2 Å². The number of furan rings is 1. The Bertz CT molecular complexity index is 526. The van der Waals surface area contributed by atoms with Crippen LogP contribution in [-0.4, -0.2) is 48.4 Å². The zero-order valence-electron chi connectivity index (χ0n) is 12.5. The van der Waals surface area contributed by atoms with Gasteiger partial charge in [-0.25, -0.2) is 4.79 Å². The first-order valence-corrected chi connectivity index (χ1v) is 7.35. The van der Waals surface area contributed by atoms with Gasteiger partial charge in [0.25, 0.3) is 5.91 Å². The molecule has 1 atom stereocenters. The standard InChI is InChI=1S/C15H20N2O5/c1-11(18)16-7-4-10-22-15(20)12-5-2-8-17(12)14(19)13-6-3-9-21-13/h3,6,9,12H,2,4-5,7-8,10H2,1H3,(H,16,18). The first-order chi connectivity index (χ1) is 10.6. The minimum atomic E-state index is -0.557. The first-order valence-electron chi connectivity index (χ1n) is 7.35. The smallest absolute Gasteiger partial charge is 0.328 e. The monoisotopic (exact) mass is 308 g/mol. The molecule has 22 heavy (non-hydrogen) atoms. The molecule has 2 amide bonds. The number of ether oxygens (including phenoxy) is 1. The van der Waals surface area contributed by atoms with Gasteiger partial charge >= 0.3 is 5.97 Å². The molecule has 1 saturated heterocycles. The van der Waals surface area contributed by atoms with Crippen molar-refractivity contribution in [3.63, 3.8) is 0 Å². The van der Waals surface area contributed by atoms with Crippen molar-refractivity contribution >= 4 is 17.8 Å². The number of rotatable bonds is 6. The Balaban J connectivity index is 1.81. The number of hydrogen-bond donors (Lipinski definition) is 1. The largest absolute Gasteiger partial charge is 0.464 e. The van der Waals surface area contributed by atoms with Crippen LogP contribution in [0.3, 0.4) is 0 Å². The normalized spacial score (nSPS) is 17.3. The van der Waals surface area contributed by atoms with E-state index >= 15 is 0 Å².